The van der Waals surface area contributed by atoms with Crippen LogP contribution in [0.2, 0.25) is 0 Å². The molecule has 0 aliphatic carbocycles. The standard InChI is InChI=1S/C24H26N4O3S/c1-17-16-32-22(26-17)14-23(30)27-9-11-28(12-10-27)24(31)15-25-21(29)13-19-7-4-6-18-5-2-3-8-20(18)19/h2-8,16H,9-15H2,1H3,(H,25,29). The van der Waals surface area contributed by atoms with E-state index in [4.69, 9.17) is 0 Å². The van der Waals surface area contributed by atoms with E-state index in [0.29, 0.717) is 32.6 Å². The second-order valence-electron chi connectivity index (χ2n) is 7.91. The van der Waals surface area contributed by atoms with E-state index in [2.05, 4.69) is 10.3 Å². The van der Waals surface area contributed by atoms with Gasteiger partial charge in [-0.25, -0.2) is 4.98 Å². The van der Waals surface area contributed by atoms with Crippen molar-refractivity contribution in [3.8, 4) is 0 Å². The van der Waals surface area contributed by atoms with Crippen molar-refractivity contribution in [1.82, 2.24) is 20.1 Å². The zero-order chi connectivity index (χ0) is 22.5. The van der Waals surface area contributed by atoms with E-state index in [-0.39, 0.29) is 30.7 Å². The average Bonchev–Trinajstić information content (AvgIpc) is 3.22. The lowest BCUT2D eigenvalue weighted by atomic mass is 10.0. The van der Waals surface area contributed by atoms with Crippen molar-refractivity contribution in [1.29, 1.82) is 0 Å². The number of hydrogen-bond acceptors (Lipinski definition) is 5. The quantitative estimate of drug-likeness (QED) is 0.624. The second kappa shape index (κ2) is 9.91. The first-order valence-corrected chi connectivity index (χ1v) is 11.6. The van der Waals surface area contributed by atoms with Crippen LogP contribution in [0.5, 0.6) is 0 Å². The van der Waals surface area contributed by atoms with Crippen molar-refractivity contribution in [2.24, 2.45) is 0 Å². The Bertz CT molecular complexity index is 1130. The maximum atomic E-state index is 12.5. The zero-order valence-electron chi connectivity index (χ0n) is 18.0. The molecule has 0 atom stereocenters. The molecule has 1 aromatic heterocycles. The average molecular weight is 451 g/mol. The number of thiazole rings is 1. The molecule has 0 spiro atoms. The molecule has 0 unspecified atom stereocenters. The zero-order valence-corrected chi connectivity index (χ0v) is 18.9. The molecular formula is C24H26N4O3S. The smallest absolute Gasteiger partial charge is 0.242 e. The first-order chi connectivity index (χ1) is 15.5. The van der Waals surface area contributed by atoms with Gasteiger partial charge in [0.05, 0.1) is 19.4 Å². The third-order valence-corrected chi connectivity index (χ3v) is 6.59. The molecule has 2 aromatic carbocycles. The number of nitrogens with zero attached hydrogens (tertiary/aromatic N) is 3. The molecule has 32 heavy (non-hydrogen) atoms. The molecule has 3 aromatic rings. The van der Waals surface area contributed by atoms with E-state index in [1.54, 1.807) is 9.80 Å². The topological polar surface area (TPSA) is 82.6 Å². The van der Waals surface area contributed by atoms with E-state index < -0.39 is 0 Å². The maximum Gasteiger partial charge on any atom is 0.242 e. The van der Waals surface area contributed by atoms with Crippen molar-refractivity contribution >= 4 is 39.8 Å². The van der Waals surface area contributed by atoms with E-state index in [1.807, 2.05) is 54.8 Å². The lowest BCUT2D eigenvalue weighted by molar-refractivity contribution is -0.139. The molecule has 0 bridgehead atoms. The van der Waals surface area contributed by atoms with Gasteiger partial charge in [-0.1, -0.05) is 42.5 Å². The molecular weight excluding hydrogens is 424 g/mol. The van der Waals surface area contributed by atoms with Crippen LogP contribution in [0.15, 0.2) is 47.8 Å². The summed E-state index contributed by atoms with van der Waals surface area (Å²) < 4.78 is 0. The van der Waals surface area contributed by atoms with Gasteiger partial charge in [-0.15, -0.1) is 11.3 Å². The summed E-state index contributed by atoms with van der Waals surface area (Å²) in [7, 11) is 0. The van der Waals surface area contributed by atoms with Gasteiger partial charge in [-0.05, 0) is 23.3 Å². The van der Waals surface area contributed by atoms with Crippen LogP contribution < -0.4 is 5.32 Å². The van der Waals surface area contributed by atoms with E-state index >= 15 is 0 Å². The molecule has 166 valence electrons. The van der Waals surface area contributed by atoms with Crippen molar-refractivity contribution in [2.75, 3.05) is 32.7 Å². The monoisotopic (exact) mass is 450 g/mol. The lowest BCUT2D eigenvalue weighted by Crippen LogP contribution is -2.53. The lowest BCUT2D eigenvalue weighted by Gasteiger charge is -2.34. The van der Waals surface area contributed by atoms with Crippen LogP contribution in [0.25, 0.3) is 10.8 Å². The molecule has 2 heterocycles. The van der Waals surface area contributed by atoms with Crippen molar-refractivity contribution in [3.63, 3.8) is 0 Å². The highest BCUT2D eigenvalue weighted by Gasteiger charge is 2.24. The molecule has 0 saturated carbocycles. The number of nitrogens with one attached hydrogen (secondary N) is 1. The van der Waals surface area contributed by atoms with Crippen molar-refractivity contribution < 1.29 is 14.4 Å². The predicted molar refractivity (Wildman–Crippen MR) is 124 cm³/mol. The minimum absolute atomic E-state index is 0.0318. The third-order valence-electron chi connectivity index (χ3n) is 5.62. The van der Waals surface area contributed by atoms with Gasteiger partial charge >= 0.3 is 0 Å². The fourth-order valence-corrected chi connectivity index (χ4v) is 4.66. The Morgan fingerprint density at radius 3 is 2.34 bits per heavy atom. The van der Waals surface area contributed by atoms with Gasteiger partial charge in [-0.3, -0.25) is 14.4 Å². The predicted octanol–water partition coefficient (Wildman–Crippen LogP) is 2.18. The minimum atomic E-state index is -0.178. The number of hydrogen-bond donors (Lipinski definition) is 1. The fraction of sp³-hybridized carbons (Fsp3) is 0.333. The Morgan fingerprint density at radius 1 is 0.938 bits per heavy atom. The van der Waals surface area contributed by atoms with Gasteiger partial charge in [0.15, 0.2) is 0 Å². The van der Waals surface area contributed by atoms with Crippen LogP contribution in [0.4, 0.5) is 0 Å². The number of amides is 3. The van der Waals surface area contributed by atoms with Gasteiger partial charge in [0.25, 0.3) is 0 Å². The number of benzene rings is 2. The Hall–Kier alpha value is -3.26. The van der Waals surface area contributed by atoms with Crippen LogP contribution in [0.1, 0.15) is 16.3 Å². The molecule has 1 fully saturated rings. The molecule has 0 radical (unpaired) electrons. The van der Waals surface area contributed by atoms with E-state index in [1.165, 1.54) is 11.3 Å². The Morgan fingerprint density at radius 2 is 1.62 bits per heavy atom. The van der Waals surface area contributed by atoms with Gasteiger partial charge < -0.3 is 15.1 Å². The minimum Gasteiger partial charge on any atom is -0.347 e. The number of rotatable bonds is 6. The summed E-state index contributed by atoms with van der Waals surface area (Å²) >= 11 is 1.49. The third kappa shape index (κ3) is 5.31. The normalized spacial score (nSPS) is 13.9. The van der Waals surface area contributed by atoms with Crippen LogP contribution in [0.3, 0.4) is 0 Å². The molecule has 8 heteroatoms. The summed E-state index contributed by atoms with van der Waals surface area (Å²) in [5.74, 6) is -0.268. The van der Waals surface area contributed by atoms with Gasteiger partial charge in [0.1, 0.15) is 5.01 Å². The van der Waals surface area contributed by atoms with Gasteiger partial charge in [0.2, 0.25) is 17.7 Å². The van der Waals surface area contributed by atoms with Crippen molar-refractivity contribution in [3.05, 3.63) is 64.1 Å². The number of aryl methyl sites for hydroxylation is 1. The largest absolute Gasteiger partial charge is 0.347 e. The first kappa shape index (κ1) is 22.0. The fourth-order valence-electron chi connectivity index (χ4n) is 3.90. The molecule has 1 aliphatic heterocycles. The molecule has 1 aliphatic rings. The molecule has 7 nitrogen and oxygen atoms in total. The first-order valence-electron chi connectivity index (χ1n) is 10.7. The van der Waals surface area contributed by atoms with Crippen LogP contribution in [-0.2, 0) is 27.2 Å². The second-order valence-corrected chi connectivity index (χ2v) is 8.86. The maximum absolute atomic E-state index is 12.5. The van der Waals surface area contributed by atoms with Crippen LogP contribution in [-0.4, -0.2) is 65.2 Å². The Balaban J connectivity index is 1.22. The SMILES string of the molecule is Cc1csc(CC(=O)N2CCN(C(=O)CNC(=O)Cc3cccc4ccccc34)CC2)n1. The highest BCUT2D eigenvalue weighted by Crippen LogP contribution is 2.19. The molecule has 1 N–H and O–H groups in total. The van der Waals surface area contributed by atoms with Gasteiger partial charge in [0, 0.05) is 37.3 Å². The van der Waals surface area contributed by atoms with Gasteiger partial charge in [-0.2, -0.15) is 0 Å². The summed E-state index contributed by atoms with van der Waals surface area (Å²) in [5.41, 5.74) is 1.87. The number of carbonyl (C=O) groups excluding carboxylic acids is 3. The summed E-state index contributed by atoms with van der Waals surface area (Å²) in [6.45, 7) is 3.82. The summed E-state index contributed by atoms with van der Waals surface area (Å²) in [5, 5.41) is 7.64. The molecule has 4 rings (SSSR count). The number of piperazine rings is 1. The van der Waals surface area contributed by atoms with Crippen LogP contribution >= 0.6 is 11.3 Å². The molecule has 1 saturated heterocycles. The number of aromatic nitrogens is 1. The summed E-state index contributed by atoms with van der Waals surface area (Å²) in [6.07, 6.45) is 0.532. The van der Waals surface area contributed by atoms with E-state index in [9.17, 15) is 14.4 Å². The highest BCUT2D eigenvalue weighted by atomic mass is 32.1. The molecule has 3 amide bonds. The summed E-state index contributed by atoms with van der Waals surface area (Å²) in [6, 6.07) is 13.8. The van der Waals surface area contributed by atoms with Crippen molar-refractivity contribution in [2.45, 2.75) is 19.8 Å². The van der Waals surface area contributed by atoms with E-state index in [0.717, 1.165) is 27.0 Å². The Labute approximate surface area is 191 Å². The highest BCUT2D eigenvalue weighted by molar-refractivity contribution is 7.09. The number of carbonyl (C=O) groups is 3. The Kier molecular flexibility index (Phi) is 6.80. The van der Waals surface area contributed by atoms with Crippen LogP contribution in [0, 0.1) is 6.92 Å². The summed E-state index contributed by atoms with van der Waals surface area (Å²) in [4.78, 5) is 45.2. The number of fused-ring (bicyclic) bond motifs is 1.